The fourth-order valence-corrected chi connectivity index (χ4v) is 1.20. The van der Waals surface area contributed by atoms with Crippen LogP contribution >= 0.6 is 0 Å². The van der Waals surface area contributed by atoms with Crippen LogP contribution in [0.15, 0.2) is 0 Å². The summed E-state index contributed by atoms with van der Waals surface area (Å²) in [7, 11) is 3.40. The number of nitrogens with zero attached hydrogens (tertiary/aromatic N) is 1. The van der Waals surface area contributed by atoms with Crippen molar-refractivity contribution in [1.82, 2.24) is 4.90 Å². The highest BCUT2D eigenvalue weighted by molar-refractivity contribution is 5.77. The van der Waals surface area contributed by atoms with Crippen molar-refractivity contribution < 1.29 is 9.53 Å². The Morgan fingerprint density at radius 1 is 1.64 bits per heavy atom. The average molecular weight is 157 g/mol. The summed E-state index contributed by atoms with van der Waals surface area (Å²) < 4.78 is 4.75. The van der Waals surface area contributed by atoms with Crippen molar-refractivity contribution >= 4 is 5.91 Å². The predicted molar refractivity (Wildman–Crippen MR) is 42.3 cm³/mol. The van der Waals surface area contributed by atoms with E-state index in [0.29, 0.717) is 6.04 Å². The molecule has 0 aromatic heterocycles. The van der Waals surface area contributed by atoms with Crippen LogP contribution < -0.4 is 0 Å². The molecule has 1 amide bonds. The summed E-state index contributed by atoms with van der Waals surface area (Å²) in [5.74, 6) is 0.0946. The van der Waals surface area contributed by atoms with E-state index in [0.717, 1.165) is 12.8 Å². The zero-order valence-corrected chi connectivity index (χ0v) is 7.17. The molecule has 1 aliphatic rings. The second kappa shape index (κ2) is 3.72. The maximum absolute atomic E-state index is 11.2. The van der Waals surface area contributed by atoms with E-state index in [9.17, 15) is 4.79 Å². The van der Waals surface area contributed by atoms with Crippen LogP contribution in [0.25, 0.3) is 0 Å². The standard InChI is InChI=1S/C8H15NO2/c1-9(7-4-3-5-7)8(10)6-11-2/h7H,3-6H2,1-2H3. The van der Waals surface area contributed by atoms with Crippen molar-refractivity contribution in [3.63, 3.8) is 0 Å². The monoisotopic (exact) mass is 157 g/mol. The maximum atomic E-state index is 11.2. The smallest absolute Gasteiger partial charge is 0.248 e. The summed E-state index contributed by atoms with van der Waals surface area (Å²) >= 11 is 0. The third kappa shape index (κ3) is 1.93. The van der Waals surface area contributed by atoms with Gasteiger partial charge in [0.05, 0.1) is 0 Å². The Balaban J connectivity index is 2.27. The van der Waals surface area contributed by atoms with Crippen LogP contribution in [0.2, 0.25) is 0 Å². The minimum atomic E-state index is 0.0946. The van der Waals surface area contributed by atoms with Gasteiger partial charge in [-0.3, -0.25) is 4.79 Å². The predicted octanol–water partition coefficient (Wildman–Crippen LogP) is 0.644. The molecule has 1 saturated carbocycles. The first kappa shape index (κ1) is 8.53. The van der Waals surface area contributed by atoms with Crippen LogP contribution in [0.3, 0.4) is 0 Å². The second-order valence-electron chi connectivity index (χ2n) is 3.02. The van der Waals surface area contributed by atoms with Crippen molar-refractivity contribution in [1.29, 1.82) is 0 Å². The minimum Gasteiger partial charge on any atom is -0.375 e. The third-order valence-corrected chi connectivity index (χ3v) is 2.28. The Labute approximate surface area is 67.3 Å². The van der Waals surface area contributed by atoms with Gasteiger partial charge in [0.2, 0.25) is 5.91 Å². The quantitative estimate of drug-likeness (QED) is 0.601. The molecule has 1 fully saturated rings. The van der Waals surface area contributed by atoms with Gasteiger partial charge in [-0.2, -0.15) is 0 Å². The Kier molecular flexibility index (Phi) is 2.88. The summed E-state index contributed by atoms with van der Waals surface area (Å²) in [5.41, 5.74) is 0. The summed E-state index contributed by atoms with van der Waals surface area (Å²) in [6.45, 7) is 0.215. The lowest BCUT2D eigenvalue weighted by Crippen LogP contribution is -2.42. The molecule has 1 rings (SSSR count). The number of rotatable bonds is 3. The van der Waals surface area contributed by atoms with E-state index in [1.54, 1.807) is 12.0 Å². The number of hydrogen-bond acceptors (Lipinski definition) is 2. The molecule has 3 heteroatoms. The van der Waals surface area contributed by atoms with Crippen molar-refractivity contribution in [2.45, 2.75) is 25.3 Å². The van der Waals surface area contributed by atoms with Crippen LogP contribution in [-0.2, 0) is 9.53 Å². The Bertz CT molecular complexity index is 143. The van der Waals surface area contributed by atoms with Gasteiger partial charge in [-0.15, -0.1) is 0 Å². The number of methoxy groups -OCH3 is 1. The highest BCUT2D eigenvalue weighted by atomic mass is 16.5. The van der Waals surface area contributed by atoms with Crippen molar-refractivity contribution in [3.8, 4) is 0 Å². The van der Waals surface area contributed by atoms with Gasteiger partial charge in [-0.05, 0) is 19.3 Å². The molecule has 0 saturated heterocycles. The van der Waals surface area contributed by atoms with Crippen LogP contribution in [0.1, 0.15) is 19.3 Å². The first-order valence-corrected chi connectivity index (χ1v) is 4.00. The van der Waals surface area contributed by atoms with Crippen LogP contribution in [0.5, 0.6) is 0 Å². The topological polar surface area (TPSA) is 29.5 Å². The molecule has 0 radical (unpaired) electrons. The first-order chi connectivity index (χ1) is 5.25. The highest BCUT2D eigenvalue weighted by Gasteiger charge is 2.24. The van der Waals surface area contributed by atoms with E-state index in [1.807, 2.05) is 7.05 Å². The Hall–Kier alpha value is -0.570. The molecule has 0 unspecified atom stereocenters. The molecule has 3 nitrogen and oxygen atoms in total. The van der Waals surface area contributed by atoms with E-state index in [1.165, 1.54) is 6.42 Å². The second-order valence-corrected chi connectivity index (χ2v) is 3.02. The fraction of sp³-hybridized carbons (Fsp3) is 0.875. The van der Waals surface area contributed by atoms with E-state index in [-0.39, 0.29) is 12.5 Å². The normalized spacial score (nSPS) is 17.6. The lowest BCUT2D eigenvalue weighted by Gasteiger charge is -2.34. The molecule has 0 spiro atoms. The van der Waals surface area contributed by atoms with Crippen molar-refractivity contribution in [2.24, 2.45) is 0 Å². The van der Waals surface area contributed by atoms with Gasteiger partial charge in [0.25, 0.3) is 0 Å². The van der Waals surface area contributed by atoms with E-state index >= 15 is 0 Å². The fourth-order valence-electron chi connectivity index (χ4n) is 1.20. The van der Waals surface area contributed by atoms with Crippen LogP contribution in [-0.4, -0.2) is 37.6 Å². The molecule has 11 heavy (non-hydrogen) atoms. The third-order valence-electron chi connectivity index (χ3n) is 2.28. The molecule has 0 N–H and O–H groups in total. The Morgan fingerprint density at radius 3 is 2.64 bits per heavy atom. The Morgan fingerprint density at radius 2 is 2.27 bits per heavy atom. The van der Waals surface area contributed by atoms with Crippen LogP contribution in [0.4, 0.5) is 0 Å². The molecule has 0 atom stereocenters. The van der Waals surface area contributed by atoms with E-state index < -0.39 is 0 Å². The molecule has 0 aromatic carbocycles. The van der Waals surface area contributed by atoms with Gasteiger partial charge in [0.15, 0.2) is 0 Å². The highest BCUT2D eigenvalue weighted by Crippen LogP contribution is 2.23. The zero-order chi connectivity index (χ0) is 8.27. The molecule has 0 bridgehead atoms. The number of carbonyl (C=O) groups excluding carboxylic acids is 1. The lowest BCUT2D eigenvalue weighted by atomic mass is 9.92. The van der Waals surface area contributed by atoms with Crippen molar-refractivity contribution in [3.05, 3.63) is 0 Å². The van der Waals surface area contributed by atoms with Gasteiger partial charge in [0.1, 0.15) is 6.61 Å². The summed E-state index contributed by atoms with van der Waals surface area (Å²) in [6, 6.07) is 0.484. The van der Waals surface area contributed by atoms with Crippen molar-refractivity contribution in [2.75, 3.05) is 20.8 Å². The number of carbonyl (C=O) groups is 1. The van der Waals surface area contributed by atoms with E-state index in [4.69, 9.17) is 4.74 Å². The first-order valence-electron chi connectivity index (χ1n) is 4.00. The molecular formula is C8H15NO2. The summed E-state index contributed by atoms with van der Waals surface area (Å²) in [6.07, 6.45) is 3.58. The lowest BCUT2D eigenvalue weighted by molar-refractivity contribution is -0.137. The van der Waals surface area contributed by atoms with Gasteiger partial charge >= 0.3 is 0 Å². The molecule has 0 heterocycles. The molecule has 0 aliphatic heterocycles. The number of amides is 1. The summed E-state index contributed by atoms with van der Waals surface area (Å²) in [5, 5.41) is 0. The molecule has 1 aliphatic carbocycles. The van der Waals surface area contributed by atoms with Gasteiger partial charge in [0, 0.05) is 20.2 Å². The summed E-state index contributed by atoms with van der Waals surface area (Å²) in [4.78, 5) is 13.0. The maximum Gasteiger partial charge on any atom is 0.248 e. The number of likely N-dealkylation sites (N-methyl/N-ethyl adjacent to an activating group) is 1. The van der Waals surface area contributed by atoms with Gasteiger partial charge in [-0.1, -0.05) is 0 Å². The minimum absolute atomic E-state index is 0.0946. The molecule has 64 valence electrons. The average Bonchev–Trinajstić information content (AvgIpc) is 1.84. The SMILES string of the molecule is COCC(=O)N(C)C1CCC1. The zero-order valence-electron chi connectivity index (χ0n) is 7.17. The van der Waals surface area contributed by atoms with E-state index in [2.05, 4.69) is 0 Å². The van der Waals surface area contributed by atoms with Crippen LogP contribution in [0, 0.1) is 0 Å². The van der Waals surface area contributed by atoms with Gasteiger partial charge in [-0.25, -0.2) is 0 Å². The largest absolute Gasteiger partial charge is 0.375 e. The number of hydrogen-bond donors (Lipinski definition) is 0. The number of ether oxygens (including phenoxy) is 1. The molecule has 0 aromatic rings. The van der Waals surface area contributed by atoms with Gasteiger partial charge < -0.3 is 9.64 Å². The molecular weight excluding hydrogens is 142 g/mol.